The Labute approximate surface area is 127 Å². The number of aryl methyl sites for hydroxylation is 2. The Hall–Kier alpha value is -2.00. The number of hydrogen-bond donors (Lipinski definition) is 1. The molecule has 1 N–H and O–H groups in total. The molecule has 2 heterocycles. The summed E-state index contributed by atoms with van der Waals surface area (Å²) in [6.45, 7) is 0. The van der Waals surface area contributed by atoms with Gasteiger partial charge in [-0.2, -0.15) is 0 Å². The number of rotatable bonds is 1. The van der Waals surface area contributed by atoms with Gasteiger partial charge in [0.15, 0.2) is 0 Å². The van der Waals surface area contributed by atoms with Crippen molar-refractivity contribution in [2.24, 2.45) is 0 Å². The minimum atomic E-state index is -0.110. The number of hydrogen-bond acceptors (Lipinski definition) is 2. The van der Waals surface area contributed by atoms with Crippen LogP contribution in [-0.4, -0.2) is 5.91 Å². The van der Waals surface area contributed by atoms with E-state index < -0.39 is 0 Å². The summed E-state index contributed by atoms with van der Waals surface area (Å²) in [5.74, 6) is 1.71. The van der Waals surface area contributed by atoms with Crippen molar-refractivity contribution in [1.82, 2.24) is 0 Å². The van der Waals surface area contributed by atoms with Crippen molar-refractivity contribution < 1.29 is 9.21 Å². The summed E-state index contributed by atoms with van der Waals surface area (Å²) in [5, 5.41) is 3.47. The lowest BCUT2D eigenvalue weighted by Crippen LogP contribution is -2.03. The van der Waals surface area contributed by atoms with E-state index in [1.165, 1.54) is 18.4 Å². The molecule has 21 heavy (non-hydrogen) atoms. The van der Waals surface area contributed by atoms with Crippen LogP contribution in [-0.2, 0) is 17.6 Å². The molecule has 1 aromatic heterocycles. The van der Waals surface area contributed by atoms with Crippen LogP contribution in [0.15, 0.2) is 28.7 Å². The SMILES string of the molecule is O=C1Nc2ccc(Cl)cc2C1=Cc1cc2c(o1)CCCC2. The van der Waals surface area contributed by atoms with Crippen LogP contribution in [0.3, 0.4) is 0 Å². The Morgan fingerprint density at radius 1 is 1.19 bits per heavy atom. The van der Waals surface area contributed by atoms with E-state index in [0.717, 1.165) is 35.6 Å². The topological polar surface area (TPSA) is 42.2 Å². The largest absolute Gasteiger partial charge is 0.461 e. The summed E-state index contributed by atoms with van der Waals surface area (Å²) in [6, 6.07) is 7.46. The first kappa shape index (κ1) is 12.7. The quantitative estimate of drug-likeness (QED) is 0.798. The van der Waals surface area contributed by atoms with Crippen LogP contribution in [0.4, 0.5) is 5.69 Å². The smallest absolute Gasteiger partial charge is 0.256 e. The number of fused-ring (bicyclic) bond motifs is 2. The van der Waals surface area contributed by atoms with Crippen molar-refractivity contribution in [3.8, 4) is 0 Å². The van der Waals surface area contributed by atoms with E-state index in [1.807, 2.05) is 18.2 Å². The summed E-state index contributed by atoms with van der Waals surface area (Å²) in [5.41, 5.74) is 3.52. The first-order chi connectivity index (χ1) is 10.2. The molecule has 0 radical (unpaired) electrons. The van der Waals surface area contributed by atoms with Crippen LogP contribution in [0.25, 0.3) is 11.6 Å². The number of carbonyl (C=O) groups is 1. The summed E-state index contributed by atoms with van der Waals surface area (Å²) in [4.78, 5) is 12.1. The predicted molar refractivity (Wildman–Crippen MR) is 83.3 cm³/mol. The van der Waals surface area contributed by atoms with Gasteiger partial charge in [0.1, 0.15) is 11.5 Å². The monoisotopic (exact) mass is 299 g/mol. The first-order valence-corrected chi connectivity index (χ1v) is 7.53. The van der Waals surface area contributed by atoms with Crippen LogP contribution >= 0.6 is 11.6 Å². The highest BCUT2D eigenvalue weighted by Crippen LogP contribution is 2.36. The normalized spacial score (nSPS) is 18.5. The molecule has 0 fully saturated rings. The highest BCUT2D eigenvalue weighted by molar-refractivity contribution is 6.36. The Bertz CT molecular complexity index is 750. The van der Waals surface area contributed by atoms with E-state index >= 15 is 0 Å². The fourth-order valence-corrected chi connectivity index (χ4v) is 3.20. The molecule has 4 heteroatoms. The zero-order valence-corrected chi connectivity index (χ0v) is 12.2. The van der Waals surface area contributed by atoms with Crippen molar-refractivity contribution in [3.63, 3.8) is 0 Å². The van der Waals surface area contributed by atoms with Gasteiger partial charge >= 0.3 is 0 Å². The van der Waals surface area contributed by atoms with Gasteiger partial charge in [0.2, 0.25) is 0 Å². The highest BCUT2D eigenvalue weighted by Gasteiger charge is 2.25. The Morgan fingerprint density at radius 3 is 2.90 bits per heavy atom. The van der Waals surface area contributed by atoms with Gasteiger partial charge in [0.05, 0.1) is 5.57 Å². The molecule has 0 spiro atoms. The molecule has 2 aliphatic rings. The van der Waals surface area contributed by atoms with Crippen LogP contribution in [0.2, 0.25) is 5.02 Å². The van der Waals surface area contributed by atoms with Crippen molar-refractivity contribution >= 4 is 34.8 Å². The van der Waals surface area contributed by atoms with Gasteiger partial charge in [-0.3, -0.25) is 4.79 Å². The van der Waals surface area contributed by atoms with Crippen molar-refractivity contribution in [3.05, 3.63) is 51.9 Å². The number of anilines is 1. The molecule has 1 aliphatic heterocycles. The van der Waals surface area contributed by atoms with Gasteiger partial charge in [-0.25, -0.2) is 0 Å². The lowest BCUT2D eigenvalue weighted by molar-refractivity contribution is -0.110. The second-order valence-corrected chi connectivity index (χ2v) is 5.94. The fraction of sp³-hybridized carbons (Fsp3) is 0.235. The molecular weight excluding hydrogens is 286 g/mol. The summed E-state index contributed by atoms with van der Waals surface area (Å²) >= 11 is 6.03. The van der Waals surface area contributed by atoms with E-state index in [1.54, 1.807) is 6.07 Å². The Balaban J connectivity index is 1.78. The van der Waals surface area contributed by atoms with E-state index in [4.69, 9.17) is 16.0 Å². The van der Waals surface area contributed by atoms with E-state index in [0.29, 0.717) is 10.6 Å². The van der Waals surface area contributed by atoms with Crippen LogP contribution < -0.4 is 5.32 Å². The third-order valence-electron chi connectivity index (χ3n) is 4.07. The van der Waals surface area contributed by atoms with Crippen LogP contribution in [0.5, 0.6) is 0 Å². The predicted octanol–water partition coefficient (Wildman–Crippen LogP) is 4.30. The molecule has 0 bridgehead atoms. The molecule has 4 rings (SSSR count). The summed E-state index contributed by atoms with van der Waals surface area (Å²) in [7, 11) is 0. The standard InChI is InChI=1S/C17H14ClNO2/c18-11-5-6-15-13(8-11)14(17(20)19-15)9-12-7-10-3-1-2-4-16(10)21-12/h5-9H,1-4H2,(H,19,20). The molecule has 1 aromatic carbocycles. The van der Waals surface area contributed by atoms with E-state index in [-0.39, 0.29) is 5.91 Å². The molecule has 3 nitrogen and oxygen atoms in total. The number of amides is 1. The second-order valence-electron chi connectivity index (χ2n) is 5.51. The number of nitrogens with one attached hydrogen (secondary N) is 1. The van der Waals surface area contributed by atoms with Crippen molar-refractivity contribution in [1.29, 1.82) is 0 Å². The van der Waals surface area contributed by atoms with Gasteiger partial charge in [0.25, 0.3) is 5.91 Å². The third kappa shape index (κ3) is 2.18. The third-order valence-corrected chi connectivity index (χ3v) is 4.30. The van der Waals surface area contributed by atoms with Gasteiger partial charge in [-0.15, -0.1) is 0 Å². The van der Waals surface area contributed by atoms with E-state index in [9.17, 15) is 4.79 Å². The lowest BCUT2D eigenvalue weighted by Gasteiger charge is -2.07. The molecule has 106 valence electrons. The molecular formula is C17H14ClNO2. The molecule has 0 saturated carbocycles. The minimum Gasteiger partial charge on any atom is -0.461 e. The Kier molecular flexibility index (Phi) is 2.89. The zero-order valence-electron chi connectivity index (χ0n) is 11.4. The Morgan fingerprint density at radius 2 is 2.05 bits per heavy atom. The van der Waals surface area contributed by atoms with Gasteiger partial charge in [0, 0.05) is 22.7 Å². The van der Waals surface area contributed by atoms with Gasteiger partial charge in [-0.1, -0.05) is 11.6 Å². The second kappa shape index (κ2) is 4.78. The minimum absolute atomic E-state index is 0.110. The maximum Gasteiger partial charge on any atom is 0.256 e. The van der Waals surface area contributed by atoms with Crippen molar-refractivity contribution in [2.75, 3.05) is 5.32 Å². The summed E-state index contributed by atoms with van der Waals surface area (Å²) < 4.78 is 5.87. The maximum absolute atomic E-state index is 12.1. The van der Waals surface area contributed by atoms with Gasteiger partial charge in [-0.05, 0) is 55.2 Å². The zero-order chi connectivity index (χ0) is 14.4. The maximum atomic E-state index is 12.1. The first-order valence-electron chi connectivity index (χ1n) is 7.15. The molecule has 0 saturated heterocycles. The lowest BCUT2D eigenvalue weighted by atomic mass is 9.98. The number of furan rings is 1. The molecule has 0 atom stereocenters. The summed E-state index contributed by atoms with van der Waals surface area (Å²) in [6.07, 6.45) is 6.26. The van der Waals surface area contributed by atoms with Crippen LogP contribution in [0.1, 0.15) is 35.5 Å². The molecule has 0 unspecified atom stereocenters. The van der Waals surface area contributed by atoms with E-state index in [2.05, 4.69) is 11.4 Å². The fourth-order valence-electron chi connectivity index (χ4n) is 3.03. The molecule has 2 aromatic rings. The number of halogens is 1. The highest BCUT2D eigenvalue weighted by atomic mass is 35.5. The number of benzene rings is 1. The molecule has 1 aliphatic carbocycles. The average Bonchev–Trinajstić information content (AvgIpc) is 3.01. The molecule has 1 amide bonds. The number of carbonyl (C=O) groups excluding carboxylic acids is 1. The van der Waals surface area contributed by atoms with Crippen molar-refractivity contribution in [2.45, 2.75) is 25.7 Å². The van der Waals surface area contributed by atoms with Crippen LogP contribution in [0, 0.1) is 0 Å². The average molecular weight is 300 g/mol. The van der Waals surface area contributed by atoms with Gasteiger partial charge < -0.3 is 9.73 Å².